The van der Waals surface area contributed by atoms with E-state index in [1.54, 1.807) is 0 Å². The Hall–Kier alpha value is -3.15. The van der Waals surface area contributed by atoms with Gasteiger partial charge in [-0.05, 0) is 24.0 Å². The minimum atomic E-state index is -0.564. The summed E-state index contributed by atoms with van der Waals surface area (Å²) in [6.07, 6.45) is 3.74. The van der Waals surface area contributed by atoms with Crippen LogP contribution in [0.15, 0.2) is 60.7 Å². The number of hydrazine groups is 1. The molecule has 2 aromatic carbocycles. The van der Waals surface area contributed by atoms with E-state index in [0.29, 0.717) is 0 Å². The van der Waals surface area contributed by atoms with E-state index in [4.69, 9.17) is 0 Å². The van der Waals surface area contributed by atoms with E-state index >= 15 is 0 Å². The molecule has 1 heterocycles. The van der Waals surface area contributed by atoms with Crippen molar-refractivity contribution in [2.24, 2.45) is 0 Å². The van der Waals surface area contributed by atoms with E-state index in [2.05, 4.69) is 5.43 Å². The Kier molecular flexibility index (Phi) is 5.10. The molecule has 2 aromatic rings. The summed E-state index contributed by atoms with van der Waals surface area (Å²) in [6, 6.07) is 18.4. The highest BCUT2D eigenvalue weighted by atomic mass is 16.2. The van der Waals surface area contributed by atoms with Crippen LogP contribution in [0, 0.1) is 0 Å². The van der Waals surface area contributed by atoms with Crippen LogP contribution in [0.3, 0.4) is 0 Å². The number of hydrogen-bond donors (Lipinski definition) is 1. The number of benzene rings is 2. The van der Waals surface area contributed by atoms with Gasteiger partial charge in [-0.1, -0.05) is 73.5 Å². The molecular formula is C22H23N3O3. The maximum absolute atomic E-state index is 13.1. The molecule has 1 N–H and O–H groups in total. The number of amides is 4. The molecule has 0 atom stereocenters. The molecule has 0 unspecified atom stereocenters. The number of carbonyl (C=O) groups excluding carboxylic acids is 3. The van der Waals surface area contributed by atoms with Crippen LogP contribution in [-0.2, 0) is 9.59 Å². The first-order valence-electron chi connectivity index (χ1n) is 9.69. The highest BCUT2D eigenvalue weighted by Gasteiger charge is 2.42. The number of hydrogen-bond acceptors (Lipinski definition) is 3. The first-order valence-corrected chi connectivity index (χ1v) is 9.69. The van der Waals surface area contributed by atoms with Crippen molar-refractivity contribution in [2.45, 2.75) is 37.6 Å². The standard InChI is InChI=1S/C22H23N3O3/c26-19-15-24(22(28)25(19)18-13-7-8-14-18)23-21(27)20(16-9-3-1-4-10-16)17-11-5-2-6-12-17/h1-6,9-12,18,20H,7-8,13-15H2,(H,23,27). The lowest BCUT2D eigenvalue weighted by molar-refractivity contribution is -0.127. The first kappa shape index (κ1) is 18.2. The highest BCUT2D eigenvalue weighted by Crippen LogP contribution is 2.28. The number of nitrogens with zero attached hydrogens (tertiary/aromatic N) is 2. The second kappa shape index (κ2) is 7.84. The molecule has 2 aliphatic rings. The Balaban J connectivity index is 1.55. The number of urea groups is 1. The first-order chi connectivity index (χ1) is 13.6. The largest absolute Gasteiger partial charge is 0.346 e. The summed E-state index contributed by atoms with van der Waals surface area (Å²) in [5.41, 5.74) is 4.35. The topological polar surface area (TPSA) is 69.7 Å². The third kappa shape index (κ3) is 3.50. The number of nitrogens with one attached hydrogen (secondary N) is 1. The molecule has 6 nitrogen and oxygen atoms in total. The third-order valence-electron chi connectivity index (χ3n) is 5.46. The fourth-order valence-corrected chi connectivity index (χ4v) is 4.11. The Morgan fingerprint density at radius 3 is 1.96 bits per heavy atom. The van der Waals surface area contributed by atoms with Crippen LogP contribution in [0.1, 0.15) is 42.7 Å². The van der Waals surface area contributed by atoms with Gasteiger partial charge in [-0.3, -0.25) is 19.9 Å². The van der Waals surface area contributed by atoms with Gasteiger partial charge in [0.15, 0.2) is 0 Å². The van der Waals surface area contributed by atoms with Crippen LogP contribution >= 0.6 is 0 Å². The van der Waals surface area contributed by atoms with Crippen molar-refractivity contribution in [1.82, 2.24) is 15.3 Å². The van der Waals surface area contributed by atoms with E-state index in [-0.39, 0.29) is 24.4 Å². The van der Waals surface area contributed by atoms with E-state index in [1.165, 1.54) is 4.90 Å². The molecular weight excluding hydrogens is 354 g/mol. The van der Waals surface area contributed by atoms with Gasteiger partial charge in [-0.15, -0.1) is 0 Å². The molecule has 144 valence electrons. The van der Waals surface area contributed by atoms with Crippen molar-refractivity contribution in [2.75, 3.05) is 6.54 Å². The Bertz CT molecular complexity index is 824. The zero-order chi connectivity index (χ0) is 19.5. The van der Waals surface area contributed by atoms with E-state index < -0.39 is 11.9 Å². The second-order valence-corrected chi connectivity index (χ2v) is 7.30. The molecule has 0 radical (unpaired) electrons. The van der Waals surface area contributed by atoms with Gasteiger partial charge in [0.05, 0.1) is 5.92 Å². The van der Waals surface area contributed by atoms with Gasteiger partial charge in [-0.2, -0.15) is 0 Å². The van der Waals surface area contributed by atoms with Crippen LogP contribution in [0.4, 0.5) is 4.79 Å². The smallest absolute Gasteiger partial charge is 0.272 e. The summed E-state index contributed by atoms with van der Waals surface area (Å²) in [6.45, 7) is -0.114. The van der Waals surface area contributed by atoms with Gasteiger partial charge < -0.3 is 0 Å². The number of imide groups is 1. The molecule has 1 aliphatic carbocycles. The SMILES string of the molecule is O=C(NN1CC(=O)N(C2CCCC2)C1=O)C(c1ccccc1)c1ccccc1. The third-order valence-corrected chi connectivity index (χ3v) is 5.46. The van der Waals surface area contributed by atoms with Gasteiger partial charge in [-0.25, -0.2) is 9.80 Å². The zero-order valence-corrected chi connectivity index (χ0v) is 15.6. The lowest BCUT2D eigenvalue weighted by Gasteiger charge is -2.24. The maximum atomic E-state index is 13.1. The monoisotopic (exact) mass is 377 g/mol. The van der Waals surface area contributed by atoms with Crippen LogP contribution in [0.5, 0.6) is 0 Å². The predicted octanol–water partition coefficient (Wildman–Crippen LogP) is 3.06. The molecule has 4 amide bonds. The summed E-state index contributed by atoms with van der Waals surface area (Å²) in [5, 5.41) is 1.15. The lowest BCUT2D eigenvalue weighted by atomic mass is 9.91. The minimum Gasteiger partial charge on any atom is -0.272 e. The molecule has 0 spiro atoms. The molecule has 1 aliphatic heterocycles. The van der Waals surface area contributed by atoms with Crippen molar-refractivity contribution < 1.29 is 14.4 Å². The summed E-state index contributed by atoms with van der Waals surface area (Å²) < 4.78 is 0. The van der Waals surface area contributed by atoms with Crippen molar-refractivity contribution in [3.05, 3.63) is 71.8 Å². The second-order valence-electron chi connectivity index (χ2n) is 7.30. The van der Waals surface area contributed by atoms with Crippen molar-refractivity contribution in [3.8, 4) is 0 Å². The van der Waals surface area contributed by atoms with Gasteiger partial charge in [0.2, 0.25) is 0 Å². The van der Waals surface area contributed by atoms with Crippen LogP contribution in [0.2, 0.25) is 0 Å². The minimum absolute atomic E-state index is 0.0408. The maximum Gasteiger partial charge on any atom is 0.346 e. The fourth-order valence-electron chi connectivity index (χ4n) is 4.11. The van der Waals surface area contributed by atoms with Crippen LogP contribution in [0.25, 0.3) is 0 Å². The van der Waals surface area contributed by atoms with Gasteiger partial charge in [0.25, 0.3) is 11.8 Å². The predicted molar refractivity (Wildman–Crippen MR) is 104 cm³/mol. The molecule has 0 aromatic heterocycles. The van der Waals surface area contributed by atoms with Crippen molar-refractivity contribution >= 4 is 17.8 Å². The Labute approximate surface area is 164 Å². The summed E-state index contributed by atoms with van der Waals surface area (Å²) in [5.74, 6) is -1.13. The van der Waals surface area contributed by atoms with Crippen LogP contribution < -0.4 is 5.43 Å². The Morgan fingerprint density at radius 2 is 1.43 bits per heavy atom. The van der Waals surface area contributed by atoms with Gasteiger partial charge in [0, 0.05) is 6.04 Å². The average molecular weight is 377 g/mol. The fraction of sp³-hybridized carbons (Fsp3) is 0.318. The van der Waals surface area contributed by atoms with Crippen LogP contribution in [-0.4, -0.2) is 40.3 Å². The van der Waals surface area contributed by atoms with E-state index in [0.717, 1.165) is 41.8 Å². The summed E-state index contributed by atoms with van der Waals surface area (Å²) in [4.78, 5) is 39.6. The van der Waals surface area contributed by atoms with E-state index in [9.17, 15) is 14.4 Å². The quantitative estimate of drug-likeness (QED) is 0.814. The molecule has 1 saturated carbocycles. The molecule has 4 rings (SSSR count). The van der Waals surface area contributed by atoms with Crippen molar-refractivity contribution in [1.29, 1.82) is 0 Å². The Morgan fingerprint density at radius 1 is 0.893 bits per heavy atom. The zero-order valence-electron chi connectivity index (χ0n) is 15.6. The van der Waals surface area contributed by atoms with Gasteiger partial charge in [0.1, 0.15) is 6.54 Å². The molecule has 28 heavy (non-hydrogen) atoms. The summed E-state index contributed by atoms with van der Waals surface area (Å²) >= 11 is 0. The average Bonchev–Trinajstić information content (AvgIpc) is 3.32. The normalized spacial score (nSPS) is 17.6. The van der Waals surface area contributed by atoms with Crippen molar-refractivity contribution in [3.63, 3.8) is 0 Å². The molecule has 1 saturated heterocycles. The number of carbonyl (C=O) groups is 3. The molecule has 2 fully saturated rings. The number of rotatable bonds is 5. The summed E-state index contributed by atoms with van der Waals surface area (Å²) in [7, 11) is 0. The van der Waals surface area contributed by atoms with E-state index in [1.807, 2.05) is 60.7 Å². The molecule has 6 heteroatoms. The highest BCUT2D eigenvalue weighted by molar-refractivity contribution is 6.03. The lowest BCUT2D eigenvalue weighted by Crippen LogP contribution is -2.48. The molecule has 0 bridgehead atoms. The van der Waals surface area contributed by atoms with Gasteiger partial charge >= 0.3 is 6.03 Å².